The Morgan fingerprint density at radius 3 is 2.89 bits per heavy atom. The van der Waals surface area contributed by atoms with E-state index in [1.807, 2.05) is 6.07 Å². The molecule has 0 aromatic heterocycles. The monoisotopic (exact) mass is 268 g/mol. The molecule has 2 aliphatic heterocycles. The molecule has 104 valence electrons. The first-order valence-corrected chi connectivity index (χ1v) is 6.37. The molecule has 1 aromatic carbocycles. The van der Waals surface area contributed by atoms with Gasteiger partial charge in [0.2, 0.25) is 18.4 Å². The van der Waals surface area contributed by atoms with E-state index in [0.717, 1.165) is 31.7 Å². The Labute approximate surface area is 111 Å². The van der Waals surface area contributed by atoms with Crippen LogP contribution in [0.1, 0.15) is 5.56 Å². The minimum atomic E-state index is -0.470. The van der Waals surface area contributed by atoms with Crippen LogP contribution in [0.2, 0.25) is 0 Å². The number of hydrogen-bond acceptors (Lipinski definition) is 5. The molecule has 2 aliphatic rings. The Balaban J connectivity index is 1.89. The average Bonchev–Trinajstić information content (AvgIpc) is 2.89. The lowest BCUT2D eigenvalue weighted by Gasteiger charge is -2.27. The number of halogens is 1. The molecule has 0 unspecified atom stereocenters. The Hall–Kier alpha value is -1.53. The number of hydrogen-bond donors (Lipinski definition) is 1. The molecule has 1 aromatic rings. The summed E-state index contributed by atoms with van der Waals surface area (Å²) in [7, 11) is 1.47. The fourth-order valence-electron chi connectivity index (χ4n) is 2.48. The van der Waals surface area contributed by atoms with Gasteiger partial charge in [-0.15, -0.1) is 0 Å². The molecule has 2 heterocycles. The number of piperazine rings is 1. The van der Waals surface area contributed by atoms with Crippen LogP contribution < -0.4 is 19.5 Å². The van der Waals surface area contributed by atoms with Gasteiger partial charge in [0.25, 0.3) is 0 Å². The van der Waals surface area contributed by atoms with Gasteiger partial charge in [-0.05, 0) is 6.07 Å². The molecule has 0 amide bonds. The van der Waals surface area contributed by atoms with Crippen LogP contribution in [-0.4, -0.2) is 45.0 Å². The van der Waals surface area contributed by atoms with Gasteiger partial charge in [0, 0.05) is 38.3 Å². The number of methoxy groups -OCH3 is 1. The maximum atomic E-state index is 14.2. The van der Waals surface area contributed by atoms with Crippen molar-refractivity contribution in [3.63, 3.8) is 0 Å². The molecule has 0 bridgehead atoms. The predicted octanol–water partition coefficient (Wildman–Crippen LogP) is 0.968. The molecule has 6 heteroatoms. The number of nitrogens with one attached hydrogen (secondary N) is 1. The van der Waals surface area contributed by atoms with Crippen LogP contribution in [0.3, 0.4) is 0 Å². The van der Waals surface area contributed by atoms with Crippen molar-refractivity contribution in [1.82, 2.24) is 10.2 Å². The molecule has 1 fully saturated rings. The highest BCUT2D eigenvalue weighted by Crippen LogP contribution is 2.42. The summed E-state index contributed by atoms with van der Waals surface area (Å²) in [5.74, 6) is 0.398. The van der Waals surface area contributed by atoms with E-state index in [1.165, 1.54) is 7.11 Å². The molecule has 19 heavy (non-hydrogen) atoms. The predicted molar refractivity (Wildman–Crippen MR) is 67.2 cm³/mol. The smallest absolute Gasteiger partial charge is 0.231 e. The highest BCUT2D eigenvalue weighted by atomic mass is 19.1. The maximum Gasteiger partial charge on any atom is 0.231 e. The largest absolute Gasteiger partial charge is 0.493 e. The molecule has 1 N–H and O–H groups in total. The minimum absolute atomic E-state index is 0.0620. The van der Waals surface area contributed by atoms with Crippen molar-refractivity contribution in [2.24, 2.45) is 0 Å². The molecule has 0 radical (unpaired) electrons. The summed E-state index contributed by atoms with van der Waals surface area (Å²) < 4.78 is 29.8. The minimum Gasteiger partial charge on any atom is -0.493 e. The molecule has 1 saturated heterocycles. The highest BCUT2D eigenvalue weighted by Gasteiger charge is 2.26. The van der Waals surface area contributed by atoms with E-state index in [1.54, 1.807) is 0 Å². The third-order valence-corrected chi connectivity index (χ3v) is 3.44. The zero-order valence-corrected chi connectivity index (χ0v) is 10.9. The van der Waals surface area contributed by atoms with Crippen molar-refractivity contribution in [2.45, 2.75) is 6.54 Å². The second kappa shape index (κ2) is 5.22. The summed E-state index contributed by atoms with van der Waals surface area (Å²) in [6.07, 6.45) is 0. The van der Waals surface area contributed by atoms with Gasteiger partial charge in [0.1, 0.15) is 0 Å². The third-order valence-electron chi connectivity index (χ3n) is 3.44. The lowest BCUT2D eigenvalue weighted by atomic mass is 10.1. The quantitative estimate of drug-likeness (QED) is 0.885. The van der Waals surface area contributed by atoms with Crippen LogP contribution >= 0.6 is 0 Å². The van der Waals surface area contributed by atoms with E-state index < -0.39 is 5.82 Å². The van der Waals surface area contributed by atoms with Crippen molar-refractivity contribution in [3.05, 3.63) is 17.4 Å². The maximum absolute atomic E-state index is 14.2. The van der Waals surface area contributed by atoms with Crippen LogP contribution in [0.5, 0.6) is 17.2 Å². The zero-order chi connectivity index (χ0) is 13.2. The summed E-state index contributed by atoms with van der Waals surface area (Å²) in [6, 6.07) is 1.81. The van der Waals surface area contributed by atoms with Gasteiger partial charge in [-0.3, -0.25) is 4.90 Å². The Kier molecular flexibility index (Phi) is 3.44. The Morgan fingerprint density at radius 2 is 2.16 bits per heavy atom. The van der Waals surface area contributed by atoms with Gasteiger partial charge >= 0.3 is 0 Å². The highest BCUT2D eigenvalue weighted by molar-refractivity contribution is 5.53. The van der Waals surface area contributed by atoms with Gasteiger partial charge < -0.3 is 19.5 Å². The lowest BCUT2D eigenvalue weighted by molar-refractivity contribution is 0.170. The SMILES string of the molecule is COc1c(CN2CCNCC2)cc2c(c1F)OCO2. The summed E-state index contributed by atoms with van der Waals surface area (Å²) in [6.45, 7) is 4.51. The molecule has 0 atom stereocenters. The lowest BCUT2D eigenvalue weighted by Crippen LogP contribution is -2.42. The Morgan fingerprint density at radius 1 is 1.37 bits per heavy atom. The summed E-state index contributed by atoms with van der Waals surface area (Å²) in [5, 5.41) is 3.29. The van der Waals surface area contributed by atoms with Gasteiger partial charge in [-0.1, -0.05) is 0 Å². The van der Waals surface area contributed by atoms with Gasteiger partial charge in [-0.2, -0.15) is 4.39 Å². The number of nitrogens with zero attached hydrogens (tertiary/aromatic N) is 1. The van der Waals surface area contributed by atoms with Crippen LogP contribution in [0, 0.1) is 5.82 Å². The summed E-state index contributed by atoms with van der Waals surface area (Å²) in [5.41, 5.74) is 0.797. The van der Waals surface area contributed by atoms with E-state index in [0.29, 0.717) is 12.3 Å². The molecule has 3 rings (SSSR count). The van der Waals surface area contributed by atoms with Crippen molar-refractivity contribution < 1.29 is 18.6 Å². The third kappa shape index (κ3) is 2.33. The zero-order valence-electron chi connectivity index (χ0n) is 10.9. The summed E-state index contributed by atoms with van der Waals surface area (Å²) in [4.78, 5) is 2.26. The molecular formula is C13H17FN2O3. The van der Waals surface area contributed by atoms with Gasteiger partial charge in [0.15, 0.2) is 11.5 Å². The van der Waals surface area contributed by atoms with Gasteiger partial charge in [-0.25, -0.2) is 0 Å². The molecule has 0 aliphatic carbocycles. The standard InChI is InChI=1S/C13H17FN2O3/c1-17-12-9(7-16-4-2-15-3-5-16)6-10-13(11(12)14)19-8-18-10/h6,15H,2-5,7-8H2,1H3. The van der Waals surface area contributed by atoms with Crippen LogP contribution in [0.15, 0.2) is 6.07 Å². The topological polar surface area (TPSA) is 43.0 Å². The van der Waals surface area contributed by atoms with Crippen molar-refractivity contribution in [1.29, 1.82) is 0 Å². The van der Waals surface area contributed by atoms with Crippen molar-refractivity contribution in [2.75, 3.05) is 40.1 Å². The van der Waals surface area contributed by atoms with Crippen LogP contribution in [-0.2, 0) is 6.54 Å². The first-order valence-electron chi connectivity index (χ1n) is 6.37. The number of rotatable bonds is 3. The fraction of sp³-hybridized carbons (Fsp3) is 0.538. The average molecular weight is 268 g/mol. The summed E-state index contributed by atoms with van der Waals surface area (Å²) >= 11 is 0. The van der Waals surface area contributed by atoms with E-state index >= 15 is 0 Å². The first kappa shape index (κ1) is 12.5. The number of fused-ring (bicyclic) bond motifs is 1. The normalized spacial score (nSPS) is 18.6. The van der Waals surface area contributed by atoms with Crippen LogP contribution in [0.4, 0.5) is 4.39 Å². The fourth-order valence-corrected chi connectivity index (χ4v) is 2.48. The van der Waals surface area contributed by atoms with E-state index in [9.17, 15) is 4.39 Å². The number of benzene rings is 1. The van der Waals surface area contributed by atoms with E-state index in [-0.39, 0.29) is 18.3 Å². The van der Waals surface area contributed by atoms with Crippen LogP contribution in [0.25, 0.3) is 0 Å². The van der Waals surface area contributed by atoms with E-state index in [4.69, 9.17) is 14.2 Å². The van der Waals surface area contributed by atoms with Crippen molar-refractivity contribution in [3.8, 4) is 17.2 Å². The second-order valence-corrected chi connectivity index (χ2v) is 4.64. The molecule has 5 nitrogen and oxygen atoms in total. The van der Waals surface area contributed by atoms with Crippen molar-refractivity contribution >= 4 is 0 Å². The molecule has 0 saturated carbocycles. The van der Waals surface area contributed by atoms with E-state index in [2.05, 4.69) is 10.2 Å². The number of ether oxygens (including phenoxy) is 3. The molecular weight excluding hydrogens is 251 g/mol. The molecule has 0 spiro atoms. The first-order chi connectivity index (χ1) is 9.29. The second-order valence-electron chi connectivity index (χ2n) is 4.64. The van der Waals surface area contributed by atoms with Gasteiger partial charge in [0.05, 0.1) is 7.11 Å². The Bertz CT molecular complexity index is 475.